The molecule has 0 unspecified atom stereocenters. The van der Waals surface area contributed by atoms with Gasteiger partial charge >= 0.3 is 5.97 Å². The van der Waals surface area contributed by atoms with Crippen LogP contribution in [0.3, 0.4) is 0 Å². The molecule has 0 radical (unpaired) electrons. The van der Waals surface area contributed by atoms with Gasteiger partial charge in [-0.25, -0.2) is 4.79 Å². The average molecular weight is 183 g/mol. The fraction of sp³-hybridized carbons (Fsp3) is 0.250. The van der Waals surface area contributed by atoms with Crippen LogP contribution in [0.15, 0.2) is 12.8 Å². The Hall–Kier alpha value is -1.16. The normalized spacial score (nSPS) is 9.50. The number of hydrogen-bond donors (Lipinski definition) is 0. The number of carbonyl (C=O) groups excluding carboxylic acids is 1. The summed E-state index contributed by atoms with van der Waals surface area (Å²) in [5, 5.41) is 0. The van der Waals surface area contributed by atoms with E-state index in [0.29, 0.717) is 4.88 Å². The van der Waals surface area contributed by atoms with Crippen molar-refractivity contribution in [2.45, 2.75) is 13.8 Å². The van der Waals surface area contributed by atoms with Crippen LogP contribution in [0, 0.1) is 13.8 Å². The van der Waals surface area contributed by atoms with Crippen molar-refractivity contribution in [3.63, 3.8) is 0 Å². The summed E-state index contributed by atoms with van der Waals surface area (Å²) in [6.07, 6.45) is 1.12. The van der Waals surface area contributed by atoms with E-state index in [1.807, 2.05) is 13.8 Å². The highest BCUT2D eigenvalue weighted by Gasteiger charge is 2.14. The first-order valence-corrected chi connectivity index (χ1v) is 4.19. The number of nitrogens with zero attached hydrogens (tertiary/aromatic N) is 1. The Labute approximate surface area is 74.8 Å². The van der Waals surface area contributed by atoms with Crippen LogP contribution in [0.4, 0.5) is 0 Å². The third kappa shape index (κ3) is 1.53. The monoisotopic (exact) mass is 183 g/mol. The molecule has 0 N–H and O–H groups in total. The minimum absolute atomic E-state index is 0.381. The van der Waals surface area contributed by atoms with Crippen molar-refractivity contribution in [2.75, 3.05) is 0 Å². The molecule has 0 atom stereocenters. The summed E-state index contributed by atoms with van der Waals surface area (Å²) in [5.74, 6) is -0.381. The minimum atomic E-state index is -0.381. The SMILES string of the molecule is C=COC(=O)c1snc(C)c1C. The summed E-state index contributed by atoms with van der Waals surface area (Å²) in [5.41, 5.74) is 1.75. The summed E-state index contributed by atoms with van der Waals surface area (Å²) in [6.45, 7) is 7.01. The first-order chi connectivity index (χ1) is 5.66. The minimum Gasteiger partial charge on any atom is -0.431 e. The molecule has 3 nitrogen and oxygen atoms in total. The van der Waals surface area contributed by atoms with Crippen molar-refractivity contribution in [3.8, 4) is 0 Å². The molecule has 0 bridgehead atoms. The lowest BCUT2D eigenvalue weighted by molar-refractivity contribution is 0.0669. The van der Waals surface area contributed by atoms with Gasteiger partial charge < -0.3 is 4.74 Å². The van der Waals surface area contributed by atoms with Crippen LogP contribution < -0.4 is 0 Å². The summed E-state index contributed by atoms with van der Waals surface area (Å²) in [7, 11) is 0. The Morgan fingerprint density at radius 1 is 1.67 bits per heavy atom. The van der Waals surface area contributed by atoms with Gasteiger partial charge in [0.05, 0.1) is 12.0 Å². The smallest absolute Gasteiger partial charge is 0.355 e. The van der Waals surface area contributed by atoms with Crippen LogP contribution in [0.25, 0.3) is 0 Å². The Morgan fingerprint density at radius 3 is 2.75 bits per heavy atom. The second kappa shape index (κ2) is 3.49. The number of rotatable bonds is 2. The van der Waals surface area contributed by atoms with E-state index in [-0.39, 0.29) is 5.97 Å². The van der Waals surface area contributed by atoms with E-state index < -0.39 is 0 Å². The zero-order valence-electron chi connectivity index (χ0n) is 6.96. The van der Waals surface area contributed by atoms with E-state index in [1.165, 1.54) is 0 Å². The summed E-state index contributed by atoms with van der Waals surface area (Å²) in [6, 6.07) is 0. The maximum Gasteiger partial charge on any atom is 0.355 e. The van der Waals surface area contributed by atoms with Gasteiger partial charge in [0.25, 0.3) is 0 Å². The molecule has 0 aliphatic rings. The first kappa shape index (κ1) is 8.93. The maximum absolute atomic E-state index is 11.2. The molecular formula is C8H9NO2S. The molecule has 64 valence electrons. The highest BCUT2D eigenvalue weighted by atomic mass is 32.1. The van der Waals surface area contributed by atoms with Gasteiger partial charge in [-0.1, -0.05) is 6.58 Å². The van der Waals surface area contributed by atoms with Crippen LogP contribution in [0.1, 0.15) is 20.9 Å². The van der Waals surface area contributed by atoms with Gasteiger partial charge in [-0.15, -0.1) is 0 Å². The molecule has 0 aliphatic carbocycles. The zero-order valence-corrected chi connectivity index (χ0v) is 7.77. The molecule has 1 aromatic heterocycles. The Balaban J connectivity index is 2.95. The van der Waals surface area contributed by atoms with E-state index in [4.69, 9.17) is 0 Å². The summed E-state index contributed by atoms with van der Waals surface area (Å²) >= 11 is 1.15. The van der Waals surface area contributed by atoms with Crippen molar-refractivity contribution in [2.24, 2.45) is 0 Å². The van der Waals surface area contributed by atoms with Crippen LogP contribution in [-0.4, -0.2) is 10.3 Å². The van der Waals surface area contributed by atoms with Crippen LogP contribution in [0.5, 0.6) is 0 Å². The van der Waals surface area contributed by atoms with E-state index in [0.717, 1.165) is 29.1 Å². The lowest BCUT2D eigenvalue weighted by Crippen LogP contribution is -1.99. The van der Waals surface area contributed by atoms with Crippen molar-refractivity contribution >= 4 is 17.5 Å². The standard InChI is InChI=1S/C8H9NO2S/c1-4-11-8(10)7-5(2)6(3)9-12-7/h4H,1H2,2-3H3. The van der Waals surface area contributed by atoms with E-state index in [2.05, 4.69) is 15.7 Å². The molecule has 0 saturated carbocycles. The molecule has 1 rings (SSSR count). The van der Waals surface area contributed by atoms with Crippen molar-refractivity contribution in [1.82, 2.24) is 4.37 Å². The molecule has 0 aliphatic heterocycles. The zero-order chi connectivity index (χ0) is 9.14. The van der Waals surface area contributed by atoms with Gasteiger partial charge in [0.1, 0.15) is 4.88 Å². The molecule has 0 amide bonds. The predicted octanol–water partition coefficient (Wildman–Crippen LogP) is 2.06. The molecule has 1 aromatic rings. The fourth-order valence-electron chi connectivity index (χ4n) is 0.735. The number of aromatic nitrogens is 1. The van der Waals surface area contributed by atoms with Gasteiger partial charge in [-0.3, -0.25) is 0 Å². The van der Waals surface area contributed by atoms with Crippen molar-refractivity contribution < 1.29 is 9.53 Å². The topological polar surface area (TPSA) is 39.2 Å². The number of carbonyl (C=O) groups is 1. The average Bonchev–Trinajstić information content (AvgIpc) is 2.34. The first-order valence-electron chi connectivity index (χ1n) is 3.41. The highest BCUT2D eigenvalue weighted by Crippen LogP contribution is 2.17. The molecule has 1 heterocycles. The van der Waals surface area contributed by atoms with E-state index in [9.17, 15) is 4.79 Å². The van der Waals surface area contributed by atoms with Gasteiger partial charge in [0.15, 0.2) is 0 Å². The largest absolute Gasteiger partial charge is 0.431 e. The number of ether oxygens (including phenoxy) is 1. The molecule has 12 heavy (non-hydrogen) atoms. The van der Waals surface area contributed by atoms with Crippen LogP contribution in [-0.2, 0) is 4.74 Å². The third-order valence-electron chi connectivity index (χ3n) is 1.53. The van der Waals surface area contributed by atoms with Gasteiger partial charge in [0, 0.05) is 0 Å². The second-order valence-electron chi connectivity index (χ2n) is 2.29. The lowest BCUT2D eigenvalue weighted by atomic mass is 10.2. The Kier molecular flexibility index (Phi) is 2.60. The van der Waals surface area contributed by atoms with Crippen LogP contribution in [0.2, 0.25) is 0 Å². The van der Waals surface area contributed by atoms with Gasteiger partial charge in [0.2, 0.25) is 0 Å². The van der Waals surface area contributed by atoms with Gasteiger partial charge in [-0.2, -0.15) is 4.37 Å². The third-order valence-corrected chi connectivity index (χ3v) is 2.55. The predicted molar refractivity (Wildman–Crippen MR) is 47.2 cm³/mol. The number of hydrogen-bond acceptors (Lipinski definition) is 4. The Morgan fingerprint density at radius 2 is 2.33 bits per heavy atom. The summed E-state index contributed by atoms with van der Waals surface area (Å²) < 4.78 is 8.64. The number of aryl methyl sites for hydroxylation is 1. The second-order valence-corrected chi connectivity index (χ2v) is 3.07. The lowest BCUT2D eigenvalue weighted by Gasteiger charge is -1.95. The highest BCUT2D eigenvalue weighted by molar-refractivity contribution is 7.08. The van der Waals surface area contributed by atoms with E-state index in [1.54, 1.807) is 0 Å². The summed E-state index contributed by atoms with van der Waals surface area (Å²) in [4.78, 5) is 11.7. The number of esters is 1. The van der Waals surface area contributed by atoms with E-state index >= 15 is 0 Å². The molecule has 4 heteroatoms. The maximum atomic E-state index is 11.2. The quantitative estimate of drug-likeness (QED) is 0.520. The van der Waals surface area contributed by atoms with Crippen molar-refractivity contribution in [1.29, 1.82) is 0 Å². The molecular weight excluding hydrogens is 174 g/mol. The Bertz CT molecular complexity index is 317. The van der Waals surface area contributed by atoms with Gasteiger partial charge in [-0.05, 0) is 30.9 Å². The van der Waals surface area contributed by atoms with Crippen LogP contribution >= 0.6 is 11.5 Å². The molecule has 0 spiro atoms. The fourth-order valence-corrected chi connectivity index (χ4v) is 1.51. The molecule has 0 saturated heterocycles. The molecule has 0 fully saturated rings. The van der Waals surface area contributed by atoms with Crippen molar-refractivity contribution in [3.05, 3.63) is 29.0 Å². The molecule has 0 aromatic carbocycles.